The predicted molar refractivity (Wildman–Crippen MR) is 72.2 cm³/mol. The standard InChI is InChI=1S/C13H10O2S2/c14-13(15)12(10-6-7-16-8-10)9-17-11-4-2-1-3-5-11/h1-9H,(H,14,15)/b12-9+. The smallest absolute Gasteiger partial charge is 0.336 e. The monoisotopic (exact) mass is 262 g/mol. The summed E-state index contributed by atoms with van der Waals surface area (Å²) in [5, 5.41) is 14.5. The predicted octanol–water partition coefficient (Wildman–Crippen LogP) is 3.97. The molecule has 0 saturated carbocycles. The molecule has 0 atom stereocenters. The van der Waals surface area contributed by atoms with Gasteiger partial charge in [0.15, 0.2) is 0 Å². The molecule has 0 bridgehead atoms. The molecular weight excluding hydrogens is 252 g/mol. The van der Waals surface area contributed by atoms with Gasteiger partial charge in [-0.05, 0) is 34.4 Å². The molecule has 0 aliphatic rings. The average Bonchev–Trinajstić information content (AvgIpc) is 2.84. The Kier molecular flexibility index (Phi) is 4.01. The lowest BCUT2D eigenvalue weighted by Gasteiger charge is -1.99. The Morgan fingerprint density at radius 3 is 2.59 bits per heavy atom. The fourth-order valence-corrected chi connectivity index (χ4v) is 2.75. The Morgan fingerprint density at radius 2 is 2.00 bits per heavy atom. The molecule has 0 spiro atoms. The van der Waals surface area contributed by atoms with Gasteiger partial charge in [0.05, 0.1) is 5.57 Å². The van der Waals surface area contributed by atoms with Gasteiger partial charge < -0.3 is 5.11 Å². The lowest BCUT2D eigenvalue weighted by molar-refractivity contribution is -0.130. The molecule has 0 fully saturated rings. The minimum atomic E-state index is -0.896. The van der Waals surface area contributed by atoms with Gasteiger partial charge in [0, 0.05) is 10.5 Å². The van der Waals surface area contributed by atoms with E-state index >= 15 is 0 Å². The first-order valence-corrected chi connectivity index (χ1v) is 6.77. The van der Waals surface area contributed by atoms with Crippen LogP contribution < -0.4 is 0 Å². The second-order valence-corrected chi connectivity index (χ2v) is 5.00. The van der Waals surface area contributed by atoms with Crippen LogP contribution in [-0.2, 0) is 4.79 Å². The van der Waals surface area contributed by atoms with E-state index in [1.54, 1.807) is 5.41 Å². The Morgan fingerprint density at radius 1 is 1.24 bits per heavy atom. The summed E-state index contributed by atoms with van der Waals surface area (Å²) >= 11 is 2.91. The molecule has 0 unspecified atom stereocenters. The first-order chi connectivity index (χ1) is 8.27. The van der Waals surface area contributed by atoms with Crippen molar-refractivity contribution in [2.75, 3.05) is 0 Å². The van der Waals surface area contributed by atoms with Gasteiger partial charge in [0.1, 0.15) is 0 Å². The number of aliphatic carboxylic acids is 1. The molecule has 1 N–H and O–H groups in total. The average molecular weight is 262 g/mol. The van der Waals surface area contributed by atoms with E-state index in [9.17, 15) is 4.79 Å². The largest absolute Gasteiger partial charge is 0.478 e. The van der Waals surface area contributed by atoms with Crippen LogP contribution in [0.2, 0.25) is 0 Å². The molecule has 86 valence electrons. The fourth-order valence-electron chi connectivity index (χ4n) is 1.29. The number of carboxylic acid groups (broad SMARTS) is 1. The Balaban J connectivity index is 2.21. The molecule has 2 nitrogen and oxygen atoms in total. The van der Waals surface area contributed by atoms with Crippen molar-refractivity contribution < 1.29 is 9.90 Å². The number of thioether (sulfide) groups is 1. The van der Waals surface area contributed by atoms with Crippen molar-refractivity contribution in [3.8, 4) is 0 Å². The molecule has 2 rings (SSSR count). The highest BCUT2D eigenvalue weighted by atomic mass is 32.2. The zero-order valence-electron chi connectivity index (χ0n) is 8.87. The molecule has 1 aromatic carbocycles. The maximum Gasteiger partial charge on any atom is 0.336 e. The van der Waals surface area contributed by atoms with Crippen molar-refractivity contribution in [1.29, 1.82) is 0 Å². The highest BCUT2D eigenvalue weighted by Crippen LogP contribution is 2.25. The zero-order chi connectivity index (χ0) is 12.1. The highest BCUT2D eigenvalue weighted by molar-refractivity contribution is 8.02. The third-order valence-corrected chi connectivity index (χ3v) is 3.70. The Hall–Kier alpha value is -1.52. The molecule has 0 radical (unpaired) electrons. The van der Waals surface area contributed by atoms with Gasteiger partial charge in [-0.15, -0.1) is 0 Å². The summed E-state index contributed by atoms with van der Waals surface area (Å²) in [6.07, 6.45) is 0. The van der Waals surface area contributed by atoms with Crippen LogP contribution in [0.4, 0.5) is 0 Å². The minimum Gasteiger partial charge on any atom is -0.478 e. The van der Waals surface area contributed by atoms with Crippen molar-refractivity contribution in [2.45, 2.75) is 4.90 Å². The van der Waals surface area contributed by atoms with Gasteiger partial charge in [-0.2, -0.15) is 11.3 Å². The van der Waals surface area contributed by atoms with E-state index in [1.165, 1.54) is 23.1 Å². The summed E-state index contributed by atoms with van der Waals surface area (Å²) in [5.41, 5.74) is 1.09. The van der Waals surface area contributed by atoms with Crippen LogP contribution in [0.25, 0.3) is 5.57 Å². The van der Waals surface area contributed by atoms with Gasteiger partial charge in [-0.1, -0.05) is 30.0 Å². The molecule has 0 aliphatic heterocycles. The van der Waals surface area contributed by atoms with Crippen LogP contribution in [0.15, 0.2) is 57.5 Å². The van der Waals surface area contributed by atoms with E-state index in [-0.39, 0.29) is 0 Å². The van der Waals surface area contributed by atoms with Gasteiger partial charge in [-0.25, -0.2) is 4.79 Å². The molecule has 1 aromatic heterocycles. The number of hydrogen-bond acceptors (Lipinski definition) is 3. The summed E-state index contributed by atoms with van der Waals surface area (Å²) in [7, 11) is 0. The second kappa shape index (κ2) is 5.70. The Labute approximate surface area is 108 Å². The molecule has 17 heavy (non-hydrogen) atoms. The molecule has 2 aromatic rings. The molecule has 4 heteroatoms. The summed E-state index contributed by atoms with van der Waals surface area (Å²) in [6.45, 7) is 0. The number of carbonyl (C=O) groups is 1. The van der Waals surface area contributed by atoms with Crippen LogP contribution in [0.5, 0.6) is 0 Å². The van der Waals surface area contributed by atoms with Gasteiger partial charge in [0.2, 0.25) is 0 Å². The lowest BCUT2D eigenvalue weighted by Crippen LogP contribution is -1.97. The van der Waals surface area contributed by atoms with Crippen molar-refractivity contribution in [3.05, 3.63) is 58.1 Å². The fraction of sp³-hybridized carbons (Fsp3) is 0. The van der Waals surface area contributed by atoms with Gasteiger partial charge in [0.25, 0.3) is 0 Å². The topological polar surface area (TPSA) is 37.3 Å². The van der Waals surface area contributed by atoms with Crippen LogP contribution in [-0.4, -0.2) is 11.1 Å². The van der Waals surface area contributed by atoms with Gasteiger partial charge >= 0.3 is 5.97 Å². The Bertz CT molecular complexity index is 516. The third kappa shape index (κ3) is 3.22. The summed E-state index contributed by atoms with van der Waals surface area (Å²) in [6, 6.07) is 11.5. The number of carboxylic acids is 1. The summed E-state index contributed by atoms with van der Waals surface area (Å²) in [5.74, 6) is -0.896. The summed E-state index contributed by atoms with van der Waals surface area (Å²) in [4.78, 5) is 12.2. The van der Waals surface area contributed by atoms with E-state index in [0.29, 0.717) is 5.57 Å². The first kappa shape index (κ1) is 12.0. The quantitative estimate of drug-likeness (QED) is 0.669. The molecule has 0 saturated heterocycles. The van der Waals surface area contributed by atoms with Crippen molar-refractivity contribution in [2.24, 2.45) is 0 Å². The van der Waals surface area contributed by atoms with E-state index in [1.807, 2.05) is 47.2 Å². The van der Waals surface area contributed by atoms with Gasteiger partial charge in [-0.3, -0.25) is 0 Å². The molecule has 1 heterocycles. The van der Waals surface area contributed by atoms with Crippen LogP contribution in [0.1, 0.15) is 5.56 Å². The normalized spacial score (nSPS) is 11.4. The summed E-state index contributed by atoms with van der Waals surface area (Å²) < 4.78 is 0. The number of hydrogen-bond donors (Lipinski definition) is 1. The maximum absolute atomic E-state index is 11.1. The zero-order valence-corrected chi connectivity index (χ0v) is 10.5. The van der Waals surface area contributed by atoms with Crippen LogP contribution in [0, 0.1) is 0 Å². The van der Waals surface area contributed by atoms with Crippen molar-refractivity contribution >= 4 is 34.6 Å². The third-order valence-electron chi connectivity index (χ3n) is 2.12. The second-order valence-electron chi connectivity index (χ2n) is 3.28. The number of benzene rings is 1. The van der Waals surface area contributed by atoms with E-state index < -0.39 is 5.97 Å². The molecule has 0 aliphatic carbocycles. The number of rotatable bonds is 4. The number of thiophene rings is 1. The highest BCUT2D eigenvalue weighted by Gasteiger charge is 2.10. The maximum atomic E-state index is 11.1. The molecule has 0 amide bonds. The van der Waals surface area contributed by atoms with Crippen molar-refractivity contribution in [3.63, 3.8) is 0 Å². The SMILES string of the molecule is O=C(O)/C(=C/Sc1ccccc1)c1ccsc1. The van der Waals surface area contributed by atoms with E-state index in [2.05, 4.69) is 0 Å². The minimum absolute atomic E-state index is 0.333. The van der Waals surface area contributed by atoms with Crippen molar-refractivity contribution in [1.82, 2.24) is 0 Å². The molecular formula is C13H10O2S2. The van der Waals surface area contributed by atoms with Crippen LogP contribution in [0.3, 0.4) is 0 Å². The first-order valence-electron chi connectivity index (χ1n) is 4.95. The van der Waals surface area contributed by atoms with E-state index in [4.69, 9.17) is 5.11 Å². The lowest BCUT2D eigenvalue weighted by atomic mass is 10.2. The van der Waals surface area contributed by atoms with Crippen LogP contribution >= 0.6 is 23.1 Å². The van der Waals surface area contributed by atoms with E-state index in [0.717, 1.165) is 10.5 Å².